The van der Waals surface area contributed by atoms with E-state index in [1.165, 1.54) is 11.3 Å². The summed E-state index contributed by atoms with van der Waals surface area (Å²) in [5.74, 6) is -0.613. The second-order valence-electron chi connectivity index (χ2n) is 5.78. The number of piperidine rings is 1. The summed E-state index contributed by atoms with van der Waals surface area (Å²) < 4.78 is 0. The van der Waals surface area contributed by atoms with Crippen molar-refractivity contribution in [2.45, 2.75) is 25.7 Å². The van der Waals surface area contributed by atoms with Crippen LogP contribution in [0.25, 0.3) is 0 Å². The van der Waals surface area contributed by atoms with Crippen molar-refractivity contribution in [2.75, 3.05) is 13.1 Å². The second-order valence-corrected chi connectivity index (χ2v) is 6.64. The fourth-order valence-electron chi connectivity index (χ4n) is 2.98. The predicted molar refractivity (Wildman–Crippen MR) is 88.1 cm³/mol. The lowest BCUT2D eigenvalue weighted by Gasteiger charge is -2.33. The third-order valence-electron chi connectivity index (χ3n) is 4.28. The van der Waals surface area contributed by atoms with Gasteiger partial charge in [-0.05, 0) is 37.5 Å². The lowest BCUT2D eigenvalue weighted by molar-refractivity contribution is 0.0694. The number of carboxylic acid groups (broad SMARTS) is 1. The van der Waals surface area contributed by atoms with Crippen LogP contribution in [0.3, 0.4) is 0 Å². The number of likely N-dealkylation sites (tertiary alicyclic amines) is 1. The summed E-state index contributed by atoms with van der Waals surface area (Å²) in [7, 11) is 0. The van der Waals surface area contributed by atoms with Gasteiger partial charge in [0.15, 0.2) is 0 Å². The van der Waals surface area contributed by atoms with E-state index in [1.54, 1.807) is 17.6 Å². The number of aromatic nitrogens is 1. The summed E-state index contributed by atoms with van der Waals surface area (Å²) in [6.45, 7) is 3.29. The van der Waals surface area contributed by atoms with Gasteiger partial charge in [-0.2, -0.15) is 0 Å². The van der Waals surface area contributed by atoms with Crippen LogP contribution in [-0.4, -0.2) is 40.0 Å². The van der Waals surface area contributed by atoms with Crippen LogP contribution in [0.4, 0.5) is 0 Å². The number of aryl methyl sites for hydroxylation is 1. The van der Waals surface area contributed by atoms with Crippen molar-refractivity contribution < 1.29 is 14.7 Å². The molecule has 2 heterocycles. The Bertz CT molecular complexity index is 724. The Labute approximate surface area is 138 Å². The monoisotopic (exact) mass is 330 g/mol. The lowest BCUT2D eigenvalue weighted by atomic mass is 9.90. The highest BCUT2D eigenvalue weighted by Crippen LogP contribution is 2.29. The second kappa shape index (κ2) is 6.50. The minimum absolute atomic E-state index is 0.0526. The standard InChI is InChI=1S/C17H18N2O3S/c1-11-15(23-10-18-11)16(20)19-8-2-3-14(9-19)12-4-6-13(7-5-12)17(21)22/h4-7,10,14H,2-3,8-9H2,1H3,(H,21,22)/t14-/m0/s1. The molecule has 2 aromatic rings. The number of hydrogen-bond donors (Lipinski definition) is 1. The molecular weight excluding hydrogens is 312 g/mol. The van der Waals surface area contributed by atoms with E-state index in [0.29, 0.717) is 11.4 Å². The SMILES string of the molecule is Cc1ncsc1C(=O)N1CCC[C@H](c2ccc(C(=O)O)cc2)C1. The van der Waals surface area contributed by atoms with Crippen molar-refractivity contribution in [1.82, 2.24) is 9.88 Å². The molecule has 1 saturated heterocycles. The topological polar surface area (TPSA) is 70.5 Å². The molecule has 0 unspecified atom stereocenters. The van der Waals surface area contributed by atoms with Crippen molar-refractivity contribution >= 4 is 23.2 Å². The van der Waals surface area contributed by atoms with Crippen LogP contribution in [0, 0.1) is 6.92 Å². The minimum Gasteiger partial charge on any atom is -0.478 e. The molecule has 1 aromatic heterocycles. The van der Waals surface area contributed by atoms with Crippen LogP contribution >= 0.6 is 11.3 Å². The van der Waals surface area contributed by atoms with Crippen molar-refractivity contribution in [3.05, 3.63) is 51.5 Å². The largest absolute Gasteiger partial charge is 0.478 e. The van der Waals surface area contributed by atoms with Gasteiger partial charge in [0.25, 0.3) is 5.91 Å². The molecule has 0 saturated carbocycles. The van der Waals surface area contributed by atoms with Crippen molar-refractivity contribution in [2.24, 2.45) is 0 Å². The van der Waals surface area contributed by atoms with Gasteiger partial charge < -0.3 is 10.0 Å². The molecule has 1 amide bonds. The molecule has 5 nitrogen and oxygen atoms in total. The normalized spacial score (nSPS) is 18.0. The van der Waals surface area contributed by atoms with Gasteiger partial charge in [-0.15, -0.1) is 11.3 Å². The Kier molecular flexibility index (Phi) is 4.43. The van der Waals surface area contributed by atoms with Crippen molar-refractivity contribution in [3.8, 4) is 0 Å². The highest BCUT2D eigenvalue weighted by Gasteiger charge is 2.27. The molecule has 0 radical (unpaired) electrons. The Balaban J connectivity index is 1.74. The van der Waals surface area contributed by atoms with Gasteiger partial charge in [0, 0.05) is 19.0 Å². The number of nitrogens with zero attached hydrogens (tertiary/aromatic N) is 2. The van der Waals surface area contributed by atoms with Crippen LogP contribution in [0.2, 0.25) is 0 Å². The summed E-state index contributed by atoms with van der Waals surface area (Å²) in [5, 5.41) is 8.97. The van der Waals surface area contributed by atoms with Crippen LogP contribution in [0.15, 0.2) is 29.8 Å². The summed E-state index contributed by atoms with van der Waals surface area (Å²) in [6.07, 6.45) is 1.97. The van der Waals surface area contributed by atoms with Crippen molar-refractivity contribution in [1.29, 1.82) is 0 Å². The average Bonchev–Trinajstić information content (AvgIpc) is 3.00. The highest BCUT2D eigenvalue weighted by molar-refractivity contribution is 7.11. The quantitative estimate of drug-likeness (QED) is 0.938. The van der Waals surface area contributed by atoms with Crippen LogP contribution in [0.5, 0.6) is 0 Å². The van der Waals surface area contributed by atoms with E-state index < -0.39 is 5.97 Å². The van der Waals surface area contributed by atoms with Gasteiger partial charge in [0.2, 0.25) is 0 Å². The van der Waals surface area contributed by atoms with E-state index in [-0.39, 0.29) is 17.4 Å². The Morgan fingerprint density at radius 1 is 1.30 bits per heavy atom. The predicted octanol–water partition coefficient (Wildman–Crippen LogP) is 3.17. The Hall–Kier alpha value is -2.21. The third kappa shape index (κ3) is 3.27. The van der Waals surface area contributed by atoms with Crippen molar-refractivity contribution in [3.63, 3.8) is 0 Å². The first-order valence-electron chi connectivity index (χ1n) is 7.59. The molecule has 0 spiro atoms. The summed E-state index contributed by atoms with van der Waals surface area (Å²) in [6, 6.07) is 6.98. The molecular formula is C17H18N2O3S. The maximum Gasteiger partial charge on any atom is 0.335 e. The van der Waals surface area contributed by atoms with E-state index in [9.17, 15) is 9.59 Å². The maximum absolute atomic E-state index is 12.6. The van der Waals surface area contributed by atoms with Gasteiger partial charge >= 0.3 is 5.97 Å². The zero-order valence-corrected chi connectivity index (χ0v) is 13.7. The zero-order valence-electron chi connectivity index (χ0n) is 12.9. The first kappa shape index (κ1) is 15.7. The van der Waals surface area contributed by atoms with Gasteiger partial charge in [0.05, 0.1) is 16.8 Å². The minimum atomic E-state index is -0.919. The molecule has 120 valence electrons. The van der Waals surface area contributed by atoms with Gasteiger partial charge in [-0.1, -0.05) is 12.1 Å². The number of carbonyl (C=O) groups excluding carboxylic acids is 1. The van der Waals surface area contributed by atoms with Gasteiger partial charge in [-0.25, -0.2) is 9.78 Å². The third-order valence-corrected chi connectivity index (χ3v) is 5.19. The Morgan fingerprint density at radius 2 is 2.04 bits per heavy atom. The molecule has 1 aliphatic heterocycles. The molecule has 1 N–H and O–H groups in total. The fourth-order valence-corrected chi connectivity index (χ4v) is 3.75. The molecule has 0 aliphatic carbocycles. The first-order chi connectivity index (χ1) is 11.1. The molecule has 1 aromatic carbocycles. The molecule has 0 bridgehead atoms. The van der Waals surface area contributed by atoms with E-state index in [4.69, 9.17) is 5.11 Å². The smallest absolute Gasteiger partial charge is 0.335 e. The summed E-state index contributed by atoms with van der Waals surface area (Å²) in [5.41, 5.74) is 3.87. The molecule has 1 fully saturated rings. The van der Waals surface area contributed by atoms with Crippen LogP contribution in [0.1, 0.15) is 50.0 Å². The molecule has 1 aliphatic rings. The first-order valence-corrected chi connectivity index (χ1v) is 8.47. The average molecular weight is 330 g/mol. The number of aromatic carboxylic acids is 1. The number of thiazole rings is 1. The van der Waals surface area contributed by atoms with Crippen LogP contribution < -0.4 is 0 Å². The molecule has 3 rings (SSSR count). The maximum atomic E-state index is 12.6. The summed E-state index contributed by atoms with van der Waals surface area (Å²) >= 11 is 1.39. The number of carbonyl (C=O) groups is 2. The molecule has 23 heavy (non-hydrogen) atoms. The number of hydrogen-bond acceptors (Lipinski definition) is 4. The Morgan fingerprint density at radius 3 is 2.65 bits per heavy atom. The van der Waals surface area contributed by atoms with Gasteiger partial charge in [0.1, 0.15) is 4.88 Å². The van der Waals surface area contributed by atoms with E-state index in [0.717, 1.165) is 30.6 Å². The van der Waals surface area contributed by atoms with E-state index >= 15 is 0 Å². The summed E-state index contributed by atoms with van der Waals surface area (Å²) in [4.78, 5) is 30.3. The molecule has 1 atom stereocenters. The molecule has 6 heteroatoms. The van der Waals surface area contributed by atoms with Gasteiger partial charge in [-0.3, -0.25) is 4.79 Å². The zero-order chi connectivity index (χ0) is 16.4. The van der Waals surface area contributed by atoms with Crippen LogP contribution in [-0.2, 0) is 0 Å². The number of carboxylic acids is 1. The number of rotatable bonds is 3. The highest BCUT2D eigenvalue weighted by atomic mass is 32.1. The number of amides is 1. The fraction of sp³-hybridized carbons (Fsp3) is 0.353. The van der Waals surface area contributed by atoms with E-state index in [2.05, 4.69) is 4.98 Å². The van der Waals surface area contributed by atoms with E-state index in [1.807, 2.05) is 24.0 Å². The lowest BCUT2D eigenvalue weighted by Crippen LogP contribution is -2.39. The number of benzene rings is 1.